The number of rotatable bonds is 11. The number of hydrogen-bond acceptors (Lipinski definition) is 11. The second kappa shape index (κ2) is 17.4. The molecule has 4 aliphatic carbocycles. The average Bonchev–Trinajstić information content (AvgIpc) is 4.28. The first-order valence-corrected chi connectivity index (χ1v) is 23.7. The van der Waals surface area contributed by atoms with Crippen LogP contribution in [0.1, 0.15) is 54.3 Å². The van der Waals surface area contributed by atoms with Crippen LogP contribution in [0.5, 0.6) is 17.2 Å². The molecule has 0 aromatic heterocycles. The number of carbonyl (C=O) groups is 8. The number of anilines is 3. The Labute approximate surface area is 411 Å². The highest BCUT2D eigenvalue weighted by Gasteiger charge is 2.60. The monoisotopic (exact) mass is 955 g/mol. The molecular weight excluding hydrogens is 915 g/mol. The number of amides is 5. The number of hydrogen-bond donors (Lipinski definition) is 1. The van der Waals surface area contributed by atoms with E-state index in [4.69, 9.17) is 14.2 Å². The number of fused-ring (bicyclic) bond motifs is 10. The Morgan fingerprint density at radius 3 is 1.24 bits per heavy atom. The highest BCUT2D eigenvalue weighted by molar-refractivity contribution is 6.24. The van der Waals surface area contributed by atoms with Gasteiger partial charge in [0.15, 0.2) is 0 Å². The Kier molecular flexibility index (Phi) is 10.7. The molecule has 2 saturated heterocycles. The maximum absolute atomic E-state index is 13.3. The first kappa shape index (κ1) is 44.2. The minimum absolute atomic E-state index is 0.0894. The summed E-state index contributed by atoms with van der Waals surface area (Å²) in [6, 6.07) is 38.4. The molecule has 6 aromatic carbocycles. The summed E-state index contributed by atoms with van der Waals surface area (Å²) >= 11 is 0. The molecular formula is C58H41N3O11. The van der Waals surface area contributed by atoms with E-state index in [0.29, 0.717) is 22.8 Å². The second-order valence-electron chi connectivity index (χ2n) is 18.9. The molecule has 8 unspecified atom stereocenters. The molecule has 2 saturated carbocycles. The van der Waals surface area contributed by atoms with Gasteiger partial charge in [0.25, 0.3) is 5.91 Å². The standard InChI is InChI=1S/C58H41N3O11/c62-51(59-41-5-2-6-46(30-41)72-57(68)34-13-21-43(22-14-34)61-54(65)49-37-9-10-38(28-37)50(49)55(61)66)39-3-1-4-40(29-39)58(69)71-45-25-17-32(18-26-45)31-15-23-44(24-16-31)70-56(67)33-11-19-42(20-12-33)60-52(63)47-35-7-8-36(27-35)48(47)53(60)64/h1-26,29-30,35-38,47-50H,27-28H2,(H,59,62). The van der Waals surface area contributed by atoms with Gasteiger partial charge < -0.3 is 19.5 Å². The fourth-order valence-corrected chi connectivity index (χ4v) is 11.4. The van der Waals surface area contributed by atoms with Crippen molar-refractivity contribution in [2.24, 2.45) is 47.3 Å². The zero-order valence-corrected chi connectivity index (χ0v) is 38.1. The normalized spacial score (nSPS) is 23.9. The topological polar surface area (TPSA) is 183 Å². The third-order valence-electron chi connectivity index (χ3n) is 14.8. The van der Waals surface area contributed by atoms with Crippen molar-refractivity contribution in [3.8, 4) is 28.4 Å². The van der Waals surface area contributed by atoms with Crippen LogP contribution in [0.15, 0.2) is 170 Å². The van der Waals surface area contributed by atoms with E-state index < -0.39 is 23.8 Å². The van der Waals surface area contributed by atoms with Crippen molar-refractivity contribution < 1.29 is 52.6 Å². The molecule has 1 N–H and O–H groups in total. The molecule has 12 rings (SSSR count). The molecule has 5 amide bonds. The second-order valence-corrected chi connectivity index (χ2v) is 18.9. The van der Waals surface area contributed by atoms with E-state index in [1.54, 1.807) is 115 Å². The number of nitrogens with one attached hydrogen (secondary N) is 1. The summed E-state index contributed by atoms with van der Waals surface area (Å²) in [7, 11) is 0. The van der Waals surface area contributed by atoms with Gasteiger partial charge in [-0.1, -0.05) is 60.7 Å². The molecule has 6 aliphatic rings. The van der Waals surface area contributed by atoms with Crippen LogP contribution in [0.25, 0.3) is 11.1 Å². The molecule has 354 valence electrons. The molecule has 2 heterocycles. The van der Waals surface area contributed by atoms with Crippen LogP contribution < -0.4 is 29.3 Å². The molecule has 8 atom stereocenters. The summed E-state index contributed by atoms with van der Waals surface area (Å²) in [6.45, 7) is 0. The number of nitrogens with zero attached hydrogens (tertiary/aromatic N) is 2. The molecule has 6 aromatic rings. The molecule has 4 fully saturated rings. The van der Waals surface area contributed by atoms with Gasteiger partial charge in [-0.2, -0.15) is 0 Å². The number of carbonyl (C=O) groups excluding carboxylic acids is 8. The van der Waals surface area contributed by atoms with E-state index in [2.05, 4.69) is 5.32 Å². The van der Waals surface area contributed by atoms with Crippen LogP contribution in [0, 0.1) is 47.3 Å². The van der Waals surface area contributed by atoms with Gasteiger partial charge in [-0.15, -0.1) is 0 Å². The van der Waals surface area contributed by atoms with Crippen molar-refractivity contribution in [1.82, 2.24) is 0 Å². The zero-order chi connectivity index (χ0) is 49.4. The predicted molar refractivity (Wildman–Crippen MR) is 261 cm³/mol. The molecule has 0 spiro atoms. The van der Waals surface area contributed by atoms with E-state index >= 15 is 0 Å². The summed E-state index contributed by atoms with van der Waals surface area (Å²) in [4.78, 5) is 108. The number of benzene rings is 6. The van der Waals surface area contributed by atoms with Gasteiger partial charge in [0.1, 0.15) is 17.2 Å². The predicted octanol–water partition coefficient (Wildman–Crippen LogP) is 8.89. The van der Waals surface area contributed by atoms with Crippen LogP contribution in [0.4, 0.5) is 17.1 Å². The minimum atomic E-state index is -0.685. The van der Waals surface area contributed by atoms with E-state index in [-0.39, 0.29) is 105 Å². The van der Waals surface area contributed by atoms with Crippen LogP contribution in [0.3, 0.4) is 0 Å². The van der Waals surface area contributed by atoms with Gasteiger partial charge >= 0.3 is 17.9 Å². The Morgan fingerprint density at radius 2 is 0.792 bits per heavy atom. The molecule has 72 heavy (non-hydrogen) atoms. The Bertz CT molecular complexity index is 3300. The van der Waals surface area contributed by atoms with Crippen LogP contribution >= 0.6 is 0 Å². The summed E-state index contributed by atoms with van der Waals surface area (Å²) < 4.78 is 16.8. The van der Waals surface area contributed by atoms with Crippen LogP contribution in [0.2, 0.25) is 0 Å². The van der Waals surface area contributed by atoms with E-state index in [1.165, 1.54) is 40.1 Å². The van der Waals surface area contributed by atoms with Gasteiger partial charge in [0.05, 0.1) is 51.7 Å². The summed E-state index contributed by atoms with van der Waals surface area (Å²) in [5, 5.41) is 2.76. The molecule has 0 radical (unpaired) electrons. The SMILES string of the molecule is O=C(Nc1cccc(OC(=O)c2ccc(N3C(=O)C4C5C=CC(C5)C4C3=O)cc2)c1)c1cccc(C(=O)Oc2ccc(-c3ccc(OC(=O)c4ccc(N5C(=O)C6C7C=CC(C7)C6C5=O)cc4)cc3)cc2)c1. The van der Waals surface area contributed by atoms with Crippen molar-refractivity contribution >= 4 is 64.5 Å². The van der Waals surface area contributed by atoms with E-state index in [0.717, 1.165) is 24.0 Å². The third kappa shape index (κ3) is 7.68. The maximum atomic E-state index is 13.3. The lowest BCUT2D eigenvalue weighted by molar-refractivity contribution is -0.124. The third-order valence-corrected chi connectivity index (χ3v) is 14.8. The first-order valence-electron chi connectivity index (χ1n) is 23.7. The van der Waals surface area contributed by atoms with E-state index in [1.807, 2.05) is 24.3 Å². The van der Waals surface area contributed by atoms with Crippen molar-refractivity contribution in [1.29, 1.82) is 0 Å². The Morgan fingerprint density at radius 1 is 0.403 bits per heavy atom. The fourth-order valence-electron chi connectivity index (χ4n) is 11.4. The molecule has 2 aliphatic heterocycles. The van der Waals surface area contributed by atoms with Gasteiger partial charge in [-0.3, -0.25) is 33.8 Å². The molecule has 4 bridgehead atoms. The number of esters is 3. The highest BCUT2D eigenvalue weighted by atomic mass is 16.5. The highest BCUT2D eigenvalue weighted by Crippen LogP contribution is 2.54. The minimum Gasteiger partial charge on any atom is -0.423 e. The Balaban J connectivity index is 0.622. The zero-order valence-electron chi connectivity index (χ0n) is 38.1. The van der Waals surface area contributed by atoms with Gasteiger partial charge in [0, 0.05) is 17.3 Å². The first-order chi connectivity index (χ1) is 34.9. The van der Waals surface area contributed by atoms with Crippen molar-refractivity contribution in [2.45, 2.75) is 12.8 Å². The smallest absolute Gasteiger partial charge is 0.343 e. The quantitative estimate of drug-likeness (QED) is 0.0567. The number of allylic oxidation sites excluding steroid dienone is 4. The lowest BCUT2D eigenvalue weighted by Gasteiger charge is -2.17. The van der Waals surface area contributed by atoms with Crippen molar-refractivity contribution in [3.05, 3.63) is 192 Å². The maximum Gasteiger partial charge on any atom is 0.343 e. The fraction of sp³-hybridized carbons (Fsp3) is 0.172. The van der Waals surface area contributed by atoms with Crippen molar-refractivity contribution in [2.75, 3.05) is 15.1 Å². The number of imide groups is 2. The molecule has 14 nitrogen and oxygen atoms in total. The average molecular weight is 956 g/mol. The summed E-state index contributed by atoms with van der Waals surface area (Å²) in [5.74, 6) is -3.40. The van der Waals surface area contributed by atoms with Crippen molar-refractivity contribution in [3.63, 3.8) is 0 Å². The summed E-state index contributed by atoms with van der Waals surface area (Å²) in [6.07, 6.45) is 9.85. The van der Waals surface area contributed by atoms with E-state index in [9.17, 15) is 38.4 Å². The van der Waals surface area contributed by atoms with Gasteiger partial charge in [0.2, 0.25) is 23.6 Å². The number of ether oxygens (including phenoxy) is 3. The van der Waals surface area contributed by atoms with Crippen LogP contribution in [-0.4, -0.2) is 47.4 Å². The lowest BCUT2D eigenvalue weighted by atomic mass is 9.85. The lowest BCUT2D eigenvalue weighted by Crippen LogP contribution is -2.32. The van der Waals surface area contributed by atoms with Gasteiger partial charge in [-0.05, 0) is 151 Å². The van der Waals surface area contributed by atoms with Crippen LogP contribution in [-0.2, 0) is 19.2 Å². The van der Waals surface area contributed by atoms with Gasteiger partial charge in [-0.25, -0.2) is 14.4 Å². The Hall–Kier alpha value is -9.04. The summed E-state index contributed by atoms with van der Waals surface area (Å²) in [5.41, 5.74) is 3.55. The largest absolute Gasteiger partial charge is 0.423 e. The molecule has 14 heteroatoms.